The summed E-state index contributed by atoms with van der Waals surface area (Å²) in [5, 5.41) is 5.67. The van der Waals surface area contributed by atoms with Crippen molar-refractivity contribution in [3.63, 3.8) is 0 Å². The number of amides is 2. The number of fused-ring (bicyclic) bond motifs is 2. The minimum absolute atomic E-state index is 0.339. The van der Waals surface area contributed by atoms with Crippen molar-refractivity contribution in [1.82, 2.24) is 9.38 Å². The highest BCUT2D eigenvalue weighted by Crippen LogP contribution is 2.32. The van der Waals surface area contributed by atoms with Crippen LogP contribution in [-0.4, -0.2) is 28.6 Å². The van der Waals surface area contributed by atoms with Crippen LogP contribution in [0.2, 0.25) is 0 Å². The van der Waals surface area contributed by atoms with E-state index in [0.717, 1.165) is 16.9 Å². The Balaban J connectivity index is 1.31. The average Bonchev–Trinajstić information content (AvgIpc) is 3.18. The van der Waals surface area contributed by atoms with E-state index >= 15 is 0 Å². The van der Waals surface area contributed by atoms with E-state index in [0.29, 0.717) is 36.1 Å². The van der Waals surface area contributed by atoms with Gasteiger partial charge in [-0.3, -0.25) is 0 Å². The first-order valence-electron chi connectivity index (χ1n) is 9.26. The van der Waals surface area contributed by atoms with Gasteiger partial charge in [0.05, 0.1) is 5.69 Å². The van der Waals surface area contributed by atoms with Crippen LogP contribution in [0.1, 0.15) is 0 Å². The molecule has 0 aliphatic carbocycles. The van der Waals surface area contributed by atoms with Gasteiger partial charge in [0.1, 0.15) is 18.9 Å². The summed E-state index contributed by atoms with van der Waals surface area (Å²) in [5.41, 5.74) is 3.94. The van der Waals surface area contributed by atoms with E-state index in [9.17, 15) is 4.79 Å². The lowest BCUT2D eigenvalue weighted by Crippen LogP contribution is -2.20. The highest BCUT2D eigenvalue weighted by molar-refractivity contribution is 6.00. The largest absolute Gasteiger partial charge is 0.486 e. The summed E-state index contributed by atoms with van der Waals surface area (Å²) in [4.78, 5) is 17.0. The van der Waals surface area contributed by atoms with Crippen LogP contribution in [-0.2, 0) is 0 Å². The molecule has 4 aromatic rings. The van der Waals surface area contributed by atoms with Gasteiger partial charge in [-0.1, -0.05) is 18.2 Å². The lowest BCUT2D eigenvalue weighted by Gasteiger charge is -2.19. The molecule has 3 heterocycles. The SMILES string of the molecule is O=C(Nc1cccc(-c2cn3ccccc3n2)c1)Nc1ccc2c(c1)OCCO2. The smallest absolute Gasteiger partial charge is 0.323 e. The first-order valence-corrected chi connectivity index (χ1v) is 9.26. The zero-order chi connectivity index (χ0) is 19.6. The molecular weight excluding hydrogens is 368 g/mol. The Morgan fingerprint density at radius 2 is 1.72 bits per heavy atom. The summed E-state index contributed by atoms with van der Waals surface area (Å²) < 4.78 is 13.0. The summed E-state index contributed by atoms with van der Waals surface area (Å²) in [5.74, 6) is 1.31. The fourth-order valence-electron chi connectivity index (χ4n) is 3.24. The molecule has 0 saturated carbocycles. The van der Waals surface area contributed by atoms with Crippen molar-refractivity contribution >= 4 is 23.1 Å². The van der Waals surface area contributed by atoms with E-state index in [-0.39, 0.29) is 6.03 Å². The normalized spacial score (nSPS) is 12.6. The van der Waals surface area contributed by atoms with Crippen molar-refractivity contribution in [2.45, 2.75) is 0 Å². The van der Waals surface area contributed by atoms with Crippen LogP contribution in [0.25, 0.3) is 16.9 Å². The number of hydrogen-bond donors (Lipinski definition) is 2. The molecule has 7 heteroatoms. The first-order chi connectivity index (χ1) is 14.2. The molecule has 2 aromatic heterocycles. The molecule has 5 rings (SSSR count). The Hall–Kier alpha value is -4.00. The number of urea groups is 1. The standard InChI is InChI=1S/C22H18N4O3/c27-22(24-17-7-8-19-20(13-17)29-11-10-28-19)23-16-5-3-4-15(12-16)18-14-26-9-2-1-6-21(26)25-18/h1-9,12-14H,10-11H2,(H2,23,24,27). The van der Waals surface area contributed by atoms with Crippen molar-refractivity contribution in [1.29, 1.82) is 0 Å². The van der Waals surface area contributed by atoms with Crippen LogP contribution in [0.15, 0.2) is 73.1 Å². The number of ether oxygens (including phenoxy) is 2. The summed E-state index contributed by atoms with van der Waals surface area (Å²) in [7, 11) is 0. The van der Waals surface area contributed by atoms with Crippen molar-refractivity contribution in [3.8, 4) is 22.8 Å². The van der Waals surface area contributed by atoms with E-state index in [1.54, 1.807) is 18.2 Å². The molecule has 2 amide bonds. The minimum Gasteiger partial charge on any atom is -0.486 e. The van der Waals surface area contributed by atoms with Gasteiger partial charge in [0.25, 0.3) is 0 Å². The first kappa shape index (κ1) is 17.1. The molecule has 2 N–H and O–H groups in total. The molecule has 7 nitrogen and oxygen atoms in total. The molecule has 0 saturated heterocycles. The molecule has 0 radical (unpaired) electrons. The van der Waals surface area contributed by atoms with Crippen LogP contribution < -0.4 is 20.1 Å². The second-order valence-electron chi connectivity index (χ2n) is 6.61. The number of nitrogens with one attached hydrogen (secondary N) is 2. The Morgan fingerprint density at radius 3 is 2.59 bits per heavy atom. The molecule has 0 spiro atoms. The van der Waals surface area contributed by atoms with Crippen molar-refractivity contribution < 1.29 is 14.3 Å². The van der Waals surface area contributed by atoms with Gasteiger partial charge in [-0.2, -0.15) is 0 Å². The van der Waals surface area contributed by atoms with Gasteiger partial charge in [-0.15, -0.1) is 0 Å². The number of aromatic nitrogens is 2. The second kappa shape index (κ2) is 7.20. The van der Waals surface area contributed by atoms with Gasteiger partial charge < -0.3 is 24.5 Å². The third-order valence-corrected chi connectivity index (χ3v) is 4.58. The maximum atomic E-state index is 12.4. The van der Waals surface area contributed by atoms with E-state index in [4.69, 9.17) is 9.47 Å². The number of benzene rings is 2. The predicted octanol–water partition coefficient (Wildman–Crippen LogP) is 4.42. The molecule has 0 unspecified atom stereocenters. The number of imidazole rings is 1. The summed E-state index contributed by atoms with van der Waals surface area (Å²) in [6, 6.07) is 18.4. The molecule has 0 bridgehead atoms. The number of carbonyl (C=O) groups is 1. The maximum absolute atomic E-state index is 12.4. The van der Waals surface area contributed by atoms with Crippen LogP contribution in [0, 0.1) is 0 Å². The van der Waals surface area contributed by atoms with Crippen molar-refractivity contribution in [3.05, 3.63) is 73.1 Å². The molecular formula is C22H18N4O3. The number of nitrogens with zero attached hydrogens (tertiary/aromatic N) is 2. The maximum Gasteiger partial charge on any atom is 0.323 e. The number of carbonyl (C=O) groups excluding carboxylic acids is 1. The Kier molecular flexibility index (Phi) is 4.25. The van der Waals surface area contributed by atoms with Gasteiger partial charge in [0.2, 0.25) is 0 Å². The summed E-state index contributed by atoms with van der Waals surface area (Å²) >= 11 is 0. The highest BCUT2D eigenvalue weighted by Gasteiger charge is 2.13. The fourth-order valence-corrected chi connectivity index (χ4v) is 3.24. The minimum atomic E-state index is -0.339. The third-order valence-electron chi connectivity index (χ3n) is 4.58. The molecule has 29 heavy (non-hydrogen) atoms. The topological polar surface area (TPSA) is 76.9 Å². The highest BCUT2D eigenvalue weighted by atomic mass is 16.6. The predicted molar refractivity (Wildman–Crippen MR) is 111 cm³/mol. The summed E-state index contributed by atoms with van der Waals surface area (Å²) in [6.45, 7) is 1.03. The number of anilines is 2. The zero-order valence-electron chi connectivity index (χ0n) is 15.5. The lowest BCUT2D eigenvalue weighted by atomic mass is 10.1. The van der Waals surface area contributed by atoms with Crippen LogP contribution >= 0.6 is 0 Å². The summed E-state index contributed by atoms with van der Waals surface area (Å²) in [6.07, 6.45) is 3.92. The molecule has 144 valence electrons. The quantitative estimate of drug-likeness (QED) is 0.547. The van der Waals surface area contributed by atoms with Gasteiger partial charge in [0, 0.05) is 35.4 Å². The lowest BCUT2D eigenvalue weighted by molar-refractivity contribution is 0.171. The molecule has 0 atom stereocenters. The van der Waals surface area contributed by atoms with Gasteiger partial charge in [-0.05, 0) is 36.4 Å². The van der Waals surface area contributed by atoms with Crippen molar-refractivity contribution in [2.75, 3.05) is 23.8 Å². The Labute approximate surface area is 166 Å². The number of rotatable bonds is 3. The fraction of sp³-hybridized carbons (Fsp3) is 0.0909. The monoisotopic (exact) mass is 386 g/mol. The third kappa shape index (κ3) is 3.58. The molecule has 1 aliphatic rings. The van der Waals surface area contributed by atoms with Crippen LogP contribution in [0.4, 0.5) is 16.2 Å². The van der Waals surface area contributed by atoms with E-state index in [1.807, 2.05) is 59.3 Å². The molecule has 0 fully saturated rings. The van der Waals surface area contributed by atoms with Gasteiger partial charge in [0.15, 0.2) is 11.5 Å². The van der Waals surface area contributed by atoms with E-state index < -0.39 is 0 Å². The van der Waals surface area contributed by atoms with Gasteiger partial charge in [-0.25, -0.2) is 9.78 Å². The average molecular weight is 386 g/mol. The van der Waals surface area contributed by atoms with Crippen LogP contribution in [0.5, 0.6) is 11.5 Å². The number of pyridine rings is 1. The Morgan fingerprint density at radius 1 is 0.897 bits per heavy atom. The Bertz CT molecular complexity index is 1170. The van der Waals surface area contributed by atoms with E-state index in [2.05, 4.69) is 15.6 Å². The molecule has 1 aliphatic heterocycles. The second-order valence-corrected chi connectivity index (χ2v) is 6.61. The zero-order valence-corrected chi connectivity index (χ0v) is 15.5. The number of hydrogen-bond acceptors (Lipinski definition) is 4. The molecule has 2 aromatic carbocycles. The van der Waals surface area contributed by atoms with Crippen molar-refractivity contribution in [2.24, 2.45) is 0 Å². The van der Waals surface area contributed by atoms with Gasteiger partial charge >= 0.3 is 6.03 Å². The van der Waals surface area contributed by atoms with E-state index in [1.165, 1.54) is 0 Å². The van der Waals surface area contributed by atoms with Crippen LogP contribution in [0.3, 0.4) is 0 Å².